The van der Waals surface area contributed by atoms with Crippen LogP contribution in [-0.4, -0.2) is 16.3 Å². The number of aryl methyl sites for hydroxylation is 1. The van der Waals surface area contributed by atoms with Gasteiger partial charge in [-0.25, -0.2) is 4.98 Å². The van der Waals surface area contributed by atoms with E-state index < -0.39 is 0 Å². The summed E-state index contributed by atoms with van der Waals surface area (Å²) in [6.07, 6.45) is 1.64. The van der Waals surface area contributed by atoms with Crippen molar-refractivity contribution in [2.24, 2.45) is 10.8 Å². The monoisotopic (exact) mass is 200 g/mol. The van der Waals surface area contributed by atoms with Crippen molar-refractivity contribution >= 4 is 34.9 Å². The number of nitrogens with two attached hydrogens (primary N) is 1. The summed E-state index contributed by atoms with van der Waals surface area (Å²) in [5, 5.41) is 3.96. The Balaban J connectivity index is 2.57. The molecule has 0 aliphatic heterocycles. The van der Waals surface area contributed by atoms with Gasteiger partial charge in [0.05, 0.1) is 22.3 Å². The molecule has 0 saturated heterocycles. The predicted molar refractivity (Wildman–Crippen MR) is 54.4 cm³/mol. The molecule has 0 aromatic carbocycles. The highest BCUT2D eigenvalue weighted by molar-refractivity contribution is 7.80. The maximum absolute atomic E-state index is 5.16. The number of thiazole rings is 1. The SMILES string of the molecule is Cc1ncsc1C=NNC(N)=S. The van der Waals surface area contributed by atoms with Gasteiger partial charge in [0, 0.05) is 0 Å². The van der Waals surface area contributed by atoms with Crippen LogP contribution in [-0.2, 0) is 0 Å². The average molecular weight is 200 g/mol. The van der Waals surface area contributed by atoms with Gasteiger partial charge in [-0.1, -0.05) is 0 Å². The van der Waals surface area contributed by atoms with Gasteiger partial charge in [0.2, 0.25) is 0 Å². The molecule has 0 aliphatic rings. The molecule has 0 fully saturated rings. The standard InChI is InChI=1S/C6H8N4S2/c1-4-5(12-3-8-4)2-9-10-6(7)11/h2-3H,1H3,(H3,7,10,11). The predicted octanol–water partition coefficient (Wildman–Crippen LogP) is 0.619. The van der Waals surface area contributed by atoms with Crippen molar-refractivity contribution in [2.45, 2.75) is 6.92 Å². The first kappa shape index (κ1) is 9.08. The Labute approximate surface area is 79.5 Å². The van der Waals surface area contributed by atoms with Gasteiger partial charge in [-0.2, -0.15) is 5.10 Å². The van der Waals surface area contributed by atoms with Gasteiger partial charge in [-0.05, 0) is 19.1 Å². The molecule has 0 bridgehead atoms. The van der Waals surface area contributed by atoms with E-state index in [2.05, 4.69) is 27.7 Å². The summed E-state index contributed by atoms with van der Waals surface area (Å²) in [5.74, 6) is 0. The number of rotatable bonds is 2. The Morgan fingerprint density at radius 2 is 2.67 bits per heavy atom. The van der Waals surface area contributed by atoms with Crippen molar-refractivity contribution in [3.8, 4) is 0 Å². The molecule has 1 rings (SSSR count). The van der Waals surface area contributed by atoms with Crippen LogP contribution in [0.25, 0.3) is 0 Å². The molecule has 0 atom stereocenters. The number of hydrogen-bond acceptors (Lipinski definition) is 4. The molecule has 1 heterocycles. The molecule has 0 unspecified atom stereocenters. The van der Waals surface area contributed by atoms with Crippen molar-refractivity contribution in [2.75, 3.05) is 0 Å². The topological polar surface area (TPSA) is 63.3 Å². The fraction of sp³-hybridized carbons (Fsp3) is 0.167. The quantitative estimate of drug-likeness (QED) is 0.417. The Hall–Kier alpha value is -1.01. The van der Waals surface area contributed by atoms with Gasteiger partial charge in [0.25, 0.3) is 0 Å². The summed E-state index contributed by atoms with van der Waals surface area (Å²) in [7, 11) is 0. The van der Waals surface area contributed by atoms with Crippen molar-refractivity contribution < 1.29 is 0 Å². The molecule has 0 radical (unpaired) electrons. The number of hydrogen-bond donors (Lipinski definition) is 2. The molecular formula is C6H8N4S2. The zero-order chi connectivity index (χ0) is 8.97. The van der Waals surface area contributed by atoms with Gasteiger partial charge in [-0.15, -0.1) is 11.3 Å². The maximum Gasteiger partial charge on any atom is 0.184 e. The van der Waals surface area contributed by atoms with Crippen LogP contribution >= 0.6 is 23.6 Å². The fourth-order valence-electron chi connectivity index (χ4n) is 0.589. The first-order valence-electron chi connectivity index (χ1n) is 3.18. The second-order valence-corrected chi connectivity index (χ2v) is 3.36. The summed E-state index contributed by atoms with van der Waals surface area (Å²) >= 11 is 6.08. The Morgan fingerprint density at radius 3 is 3.17 bits per heavy atom. The molecule has 0 spiro atoms. The first-order valence-corrected chi connectivity index (χ1v) is 4.47. The minimum Gasteiger partial charge on any atom is -0.375 e. The summed E-state index contributed by atoms with van der Waals surface area (Å²) < 4.78 is 0. The lowest BCUT2D eigenvalue weighted by Gasteiger charge is -1.92. The van der Waals surface area contributed by atoms with Gasteiger partial charge in [0.1, 0.15) is 0 Å². The highest BCUT2D eigenvalue weighted by Crippen LogP contribution is 2.07. The first-order chi connectivity index (χ1) is 5.70. The molecule has 0 saturated carbocycles. The normalized spacial score (nSPS) is 10.4. The van der Waals surface area contributed by atoms with E-state index in [1.807, 2.05) is 6.92 Å². The van der Waals surface area contributed by atoms with E-state index in [1.54, 1.807) is 11.7 Å². The van der Waals surface area contributed by atoms with Crippen molar-refractivity contribution in [1.29, 1.82) is 0 Å². The zero-order valence-corrected chi connectivity index (χ0v) is 8.08. The Kier molecular flexibility index (Phi) is 3.12. The van der Waals surface area contributed by atoms with E-state index in [1.165, 1.54) is 11.3 Å². The molecule has 12 heavy (non-hydrogen) atoms. The highest BCUT2D eigenvalue weighted by Gasteiger charge is 1.95. The lowest BCUT2D eigenvalue weighted by atomic mass is 10.4. The number of nitrogens with zero attached hydrogens (tertiary/aromatic N) is 2. The third-order valence-electron chi connectivity index (χ3n) is 1.14. The lowest BCUT2D eigenvalue weighted by Crippen LogP contribution is -2.23. The minimum atomic E-state index is 0.161. The van der Waals surface area contributed by atoms with E-state index in [0.717, 1.165) is 10.6 Å². The molecule has 3 N–H and O–H groups in total. The molecule has 6 heteroatoms. The number of aromatic nitrogens is 1. The third kappa shape index (κ3) is 2.55. The summed E-state index contributed by atoms with van der Waals surface area (Å²) in [4.78, 5) is 5.05. The van der Waals surface area contributed by atoms with Gasteiger partial charge >= 0.3 is 0 Å². The second kappa shape index (κ2) is 4.13. The van der Waals surface area contributed by atoms with Crippen LogP contribution in [0.1, 0.15) is 10.6 Å². The van der Waals surface area contributed by atoms with E-state index >= 15 is 0 Å². The molecular weight excluding hydrogens is 192 g/mol. The molecule has 1 aromatic heterocycles. The van der Waals surface area contributed by atoms with Crippen LogP contribution < -0.4 is 11.2 Å². The highest BCUT2D eigenvalue weighted by atomic mass is 32.1. The minimum absolute atomic E-state index is 0.161. The van der Waals surface area contributed by atoms with E-state index in [9.17, 15) is 0 Å². The van der Waals surface area contributed by atoms with E-state index in [0.29, 0.717) is 0 Å². The van der Waals surface area contributed by atoms with Crippen LogP contribution in [0.5, 0.6) is 0 Å². The van der Waals surface area contributed by atoms with Gasteiger partial charge < -0.3 is 5.73 Å². The van der Waals surface area contributed by atoms with Crippen molar-refractivity contribution in [1.82, 2.24) is 10.4 Å². The van der Waals surface area contributed by atoms with Crippen molar-refractivity contribution in [3.63, 3.8) is 0 Å². The smallest absolute Gasteiger partial charge is 0.184 e. The third-order valence-corrected chi connectivity index (χ3v) is 2.10. The van der Waals surface area contributed by atoms with Crippen LogP contribution in [0.4, 0.5) is 0 Å². The zero-order valence-electron chi connectivity index (χ0n) is 6.44. The molecule has 4 nitrogen and oxygen atoms in total. The average Bonchev–Trinajstić information content (AvgIpc) is 2.36. The molecule has 0 amide bonds. The van der Waals surface area contributed by atoms with Gasteiger partial charge in [0.15, 0.2) is 5.11 Å². The Bertz CT molecular complexity index is 304. The van der Waals surface area contributed by atoms with Gasteiger partial charge in [-0.3, -0.25) is 5.43 Å². The lowest BCUT2D eigenvalue weighted by molar-refractivity contribution is 1.04. The fourth-order valence-corrected chi connectivity index (χ4v) is 1.30. The van der Waals surface area contributed by atoms with Crippen molar-refractivity contribution in [3.05, 3.63) is 16.1 Å². The van der Waals surface area contributed by atoms with Crippen LogP contribution in [0.2, 0.25) is 0 Å². The summed E-state index contributed by atoms with van der Waals surface area (Å²) in [6, 6.07) is 0. The maximum atomic E-state index is 5.16. The molecule has 1 aromatic rings. The summed E-state index contributed by atoms with van der Waals surface area (Å²) in [6.45, 7) is 1.92. The number of nitrogens with one attached hydrogen (secondary N) is 1. The van der Waals surface area contributed by atoms with Crippen LogP contribution in [0, 0.1) is 6.92 Å². The largest absolute Gasteiger partial charge is 0.375 e. The molecule has 0 aliphatic carbocycles. The van der Waals surface area contributed by atoms with Crippen LogP contribution in [0.3, 0.4) is 0 Å². The van der Waals surface area contributed by atoms with E-state index in [4.69, 9.17) is 5.73 Å². The van der Waals surface area contributed by atoms with E-state index in [-0.39, 0.29) is 5.11 Å². The molecule has 64 valence electrons. The second-order valence-electron chi connectivity index (χ2n) is 2.04. The number of thiocarbonyl (C=S) groups is 1. The number of hydrazone groups is 1. The Morgan fingerprint density at radius 1 is 1.92 bits per heavy atom. The summed E-state index contributed by atoms with van der Waals surface area (Å²) in [5.41, 5.74) is 10.3. The van der Waals surface area contributed by atoms with Crippen LogP contribution in [0.15, 0.2) is 10.6 Å².